The number of nitrogens with zero attached hydrogens (tertiary/aromatic N) is 1. The molecule has 1 heteroatoms. The Bertz CT molecular complexity index is 202. The normalized spacial score (nSPS) is 17.8. The summed E-state index contributed by atoms with van der Waals surface area (Å²) >= 11 is 0. The summed E-state index contributed by atoms with van der Waals surface area (Å²) in [5.74, 6) is 0. The van der Waals surface area contributed by atoms with Crippen LogP contribution in [0.3, 0.4) is 0 Å². The molecule has 0 N–H and O–H groups in total. The highest BCUT2D eigenvalue weighted by Gasteiger charge is 2.34. The lowest BCUT2D eigenvalue weighted by atomic mass is 9.91. The number of hydrogen-bond acceptors (Lipinski definition) is 0. The third-order valence-corrected chi connectivity index (χ3v) is 5.57. The largest absolute Gasteiger partial charge is 0.322 e. The van der Waals surface area contributed by atoms with Gasteiger partial charge in [-0.05, 0) is 52.4 Å². The van der Waals surface area contributed by atoms with E-state index in [0.717, 1.165) is 6.04 Å². The lowest BCUT2D eigenvalue weighted by Crippen LogP contribution is -2.56. The molecule has 0 aliphatic heterocycles. The quantitative estimate of drug-likeness (QED) is 0.361. The fraction of sp³-hybridized carbons (Fsp3) is 1.00. The molecule has 0 unspecified atom stereocenters. The van der Waals surface area contributed by atoms with Crippen molar-refractivity contribution in [1.29, 1.82) is 0 Å². The first-order valence-electron chi connectivity index (χ1n) is 9.14. The van der Waals surface area contributed by atoms with Crippen molar-refractivity contribution in [1.82, 2.24) is 0 Å². The molecule has 1 saturated carbocycles. The second kappa shape index (κ2) is 9.80. The highest BCUT2D eigenvalue weighted by atomic mass is 15.4. The van der Waals surface area contributed by atoms with Crippen molar-refractivity contribution in [2.24, 2.45) is 0 Å². The van der Waals surface area contributed by atoms with Crippen molar-refractivity contribution in [2.45, 2.75) is 97.4 Å². The van der Waals surface area contributed by atoms with Crippen molar-refractivity contribution in [3.8, 4) is 0 Å². The molecule has 1 aliphatic carbocycles. The van der Waals surface area contributed by atoms with E-state index in [2.05, 4.69) is 20.8 Å². The Hall–Kier alpha value is -0.0400. The monoisotopic (exact) mass is 268 g/mol. The van der Waals surface area contributed by atoms with E-state index < -0.39 is 0 Å². The molecule has 1 aliphatic rings. The first-order valence-corrected chi connectivity index (χ1v) is 9.14. The summed E-state index contributed by atoms with van der Waals surface area (Å²) in [6.45, 7) is 11.3. The molecule has 1 nitrogen and oxygen atoms in total. The van der Waals surface area contributed by atoms with Crippen LogP contribution in [0.1, 0.15) is 91.4 Å². The molecule has 0 radical (unpaired) electrons. The molecule has 0 aromatic carbocycles. The summed E-state index contributed by atoms with van der Waals surface area (Å²) < 4.78 is 1.42. The standard InChI is InChI=1S/C18H38N/c1-4-7-8-9-10-14-17-19(5-2,6-3)18-15-12-11-13-16-18/h18H,4-17H2,1-3H3/q+1. The number of quaternary nitrogens is 1. The van der Waals surface area contributed by atoms with Gasteiger partial charge < -0.3 is 4.48 Å². The summed E-state index contributed by atoms with van der Waals surface area (Å²) in [6.07, 6.45) is 16.1. The maximum atomic E-state index is 2.43. The van der Waals surface area contributed by atoms with E-state index in [0.29, 0.717) is 0 Å². The van der Waals surface area contributed by atoms with Crippen LogP contribution in [0.5, 0.6) is 0 Å². The van der Waals surface area contributed by atoms with Crippen LogP contribution in [0.2, 0.25) is 0 Å². The van der Waals surface area contributed by atoms with Gasteiger partial charge in [0.15, 0.2) is 0 Å². The molecular formula is C18H38N+. The smallest absolute Gasteiger partial charge is 0.0890 e. The van der Waals surface area contributed by atoms with Crippen LogP contribution in [0, 0.1) is 0 Å². The Morgan fingerprint density at radius 2 is 1.32 bits per heavy atom. The Morgan fingerprint density at radius 3 is 1.89 bits per heavy atom. The number of rotatable bonds is 10. The van der Waals surface area contributed by atoms with Crippen LogP contribution in [0.15, 0.2) is 0 Å². The molecule has 114 valence electrons. The predicted octanol–water partition coefficient (Wildman–Crippen LogP) is 5.54. The van der Waals surface area contributed by atoms with Gasteiger partial charge in [-0.2, -0.15) is 0 Å². The first kappa shape index (κ1) is 17.0. The van der Waals surface area contributed by atoms with Crippen LogP contribution in [0.4, 0.5) is 0 Å². The molecule has 1 rings (SSSR count). The molecule has 0 aromatic heterocycles. The molecule has 0 bridgehead atoms. The summed E-state index contributed by atoms with van der Waals surface area (Å²) in [4.78, 5) is 0. The Morgan fingerprint density at radius 1 is 0.737 bits per heavy atom. The first-order chi connectivity index (χ1) is 9.29. The summed E-state index contributed by atoms with van der Waals surface area (Å²) in [7, 11) is 0. The summed E-state index contributed by atoms with van der Waals surface area (Å²) in [6, 6.07) is 0.986. The third-order valence-electron chi connectivity index (χ3n) is 5.57. The Kier molecular flexibility index (Phi) is 8.77. The van der Waals surface area contributed by atoms with Gasteiger partial charge in [0.2, 0.25) is 0 Å². The highest BCUT2D eigenvalue weighted by molar-refractivity contribution is 4.67. The van der Waals surface area contributed by atoms with E-state index in [1.54, 1.807) is 0 Å². The van der Waals surface area contributed by atoms with Gasteiger partial charge in [0.25, 0.3) is 0 Å². The van der Waals surface area contributed by atoms with Gasteiger partial charge in [0.1, 0.15) is 0 Å². The maximum absolute atomic E-state index is 2.43. The molecule has 0 saturated heterocycles. The second-order valence-corrected chi connectivity index (χ2v) is 6.63. The molecule has 0 heterocycles. The Balaban J connectivity index is 2.33. The zero-order valence-electron chi connectivity index (χ0n) is 13.9. The minimum Gasteiger partial charge on any atom is -0.322 e. The molecule has 1 fully saturated rings. The average Bonchev–Trinajstić information content (AvgIpc) is 2.48. The molecule has 0 aromatic rings. The molecule has 19 heavy (non-hydrogen) atoms. The highest BCUT2D eigenvalue weighted by Crippen LogP contribution is 2.29. The van der Waals surface area contributed by atoms with Gasteiger partial charge >= 0.3 is 0 Å². The summed E-state index contributed by atoms with van der Waals surface area (Å²) in [5.41, 5.74) is 0. The van der Waals surface area contributed by atoms with Gasteiger partial charge in [-0.3, -0.25) is 0 Å². The molecular weight excluding hydrogens is 230 g/mol. The fourth-order valence-corrected chi connectivity index (χ4v) is 4.07. The van der Waals surface area contributed by atoms with Gasteiger partial charge in [-0.1, -0.05) is 39.0 Å². The second-order valence-electron chi connectivity index (χ2n) is 6.63. The van der Waals surface area contributed by atoms with Crippen LogP contribution < -0.4 is 0 Å². The van der Waals surface area contributed by atoms with Crippen molar-refractivity contribution in [2.75, 3.05) is 19.6 Å². The van der Waals surface area contributed by atoms with Crippen LogP contribution in [-0.4, -0.2) is 30.2 Å². The van der Waals surface area contributed by atoms with E-state index in [1.807, 2.05) is 0 Å². The maximum Gasteiger partial charge on any atom is 0.0890 e. The minimum atomic E-state index is 0.986. The minimum absolute atomic E-state index is 0.986. The average molecular weight is 269 g/mol. The van der Waals surface area contributed by atoms with Gasteiger partial charge in [-0.25, -0.2) is 0 Å². The van der Waals surface area contributed by atoms with E-state index in [1.165, 1.54) is 94.7 Å². The fourth-order valence-electron chi connectivity index (χ4n) is 4.07. The summed E-state index contributed by atoms with van der Waals surface area (Å²) in [5, 5.41) is 0. The van der Waals surface area contributed by atoms with Crippen LogP contribution in [-0.2, 0) is 0 Å². The third kappa shape index (κ3) is 5.45. The van der Waals surface area contributed by atoms with Crippen molar-refractivity contribution < 1.29 is 4.48 Å². The van der Waals surface area contributed by atoms with Crippen molar-refractivity contribution in [3.63, 3.8) is 0 Å². The van der Waals surface area contributed by atoms with Gasteiger partial charge in [0.05, 0.1) is 25.7 Å². The van der Waals surface area contributed by atoms with Gasteiger partial charge in [0, 0.05) is 0 Å². The van der Waals surface area contributed by atoms with E-state index >= 15 is 0 Å². The van der Waals surface area contributed by atoms with Crippen LogP contribution >= 0.6 is 0 Å². The lowest BCUT2D eigenvalue weighted by molar-refractivity contribution is -0.949. The molecule has 0 amide bonds. The predicted molar refractivity (Wildman–Crippen MR) is 86.5 cm³/mol. The zero-order valence-corrected chi connectivity index (χ0v) is 13.9. The lowest BCUT2D eigenvalue weighted by Gasteiger charge is -2.45. The SMILES string of the molecule is CCCCCCCC[N+](CC)(CC)C1CCCCC1. The number of hydrogen-bond donors (Lipinski definition) is 0. The van der Waals surface area contributed by atoms with Crippen molar-refractivity contribution in [3.05, 3.63) is 0 Å². The van der Waals surface area contributed by atoms with Crippen LogP contribution in [0.25, 0.3) is 0 Å². The number of unbranched alkanes of at least 4 members (excludes halogenated alkanes) is 5. The van der Waals surface area contributed by atoms with E-state index in [9.17, 15) is 0 Å². The zero-order chi connectivity index (χ0) is 14.0. The Labute approximate surface area is 122 Å². The van der Waals surface area contributed by atoms with Gasteiger partial charge in [-0.15, -0.1) is 0 Å². The van der Waals surface area contributed by atoms with Crippen molar-refractivity contribution >= 4 is 0 Å². The van der Waals surface area contributed by atoms with E-state index in [4.69, 9.17) is 0 Å². The molecule has 0 spiro atoms. The van der Waals surface area contributed by atoms with E-state index in [-0.39, 0.29) is 0 Å². The molecule has 0 atom stereocenters. The topological polar surface area (TPSA) is 0 Å².